The summed E-state index contributed by atoms with van der Waals surface area (Å²) >= 11 is 0. The topological polar surface area (TPSA) is 133 Å². The predicted octanol–water partition coefficient (Wildman–Crippen LogP) is 0.135. The summed E-state index contributed by atoms with van der Waals surface area (Å²) in [6.07, 6.45) is 1.49. The number of sulfonamides is 1. The minimum atomic E-state index is -3.59. The van der Waals surface area contributed by atoms with Crippen LogP contribution in [-0.4, -0.2) is 72.4 Å². The van der Waals surface area contributed by atoms with Gasteiger partial charge in [-0.2, -0.15) is 10.2 Å². The first-order valence-corrected chi connectivity index (χ1v) is 11.5. The van der Waals surface area contributed by atoms with Crippen molar-refractivity contribution in [1.82, 2.24) is 29.6 Å². The van der Waals surface area contributed by atoms with Crippen molar-refractivity contribution in [3.05, 3.63) is 64.2 Å². The number of hydrogen-bond acceptors (Lipinski definition) is 7. The van der Waals surface area contributed by atoms with Gasteiger partial charge >= 0.3 is 0 Å². The second kappa shape index (κ2) is 8.55. The van der Waals surface area contributed by atoms with Crippen LogP contribution >= 0.6 is 0 Å². The summed E-state index contributed by atoms with van der Waals surface area (Å²) in [4.78, 5) is 28.2. The Labute approximate surface area is 184 Å². The molecule has 2 N–H and O–H groups in total. The van der Waals surface area contributed by atoms with Crippen LogP contribution < -0.4 is 15.2 Å². The third kappa shape index (κ3) is 4.01. The Kier molecular flexibility index (Phi) is 5.80. The molecule has 1 amide bonds. The molecule has 32 heavy (non-hydrogen) atoms. The molecule has 0 saturated carbocycles. The molecule has 11 nitrogen and oxygen atoms in total. The Balaban J connectivity index is 1.50. The first kappa shape index (κ1) is 21.7. The molecular weight excluding hydrogens is 434 g/mol. The Bertz CT molecular complexity index is 1290. The number of carbonyl (C=O) groups excluding carboxylic acids is 1. The lowest BCUT2D eigenvalue weighted by atomic mass is 10.2. The quantitative estimate of drug-likeness (QED) is 0.556. The second-order valence-corrected chi connectivity index (χ2v) is 9.14. The first-order chi connectivity index (χ1) is 15.3. The van der Waals surface area contributed by atoms with E-state index in [0.717, 1.165) is 0 Å². The number of nitrogens with one attached hydrogen (secondary N) is 2. The molecule has 1 fully saturated rings. The number of piperazine rings is 1. The maximum absolute atomic E-state index is 13.1. The van der Waals surface area contributed by atoms with Crippen LogP contribution in [-0.2, 0) is 10.0 Å². The van der Waals surface area contributed by atoms with Gasteiger partial charge in [0.2, 0.25) is 10.0 Å². The van der Waals surface area contributed by atoms with Crippen LogP contribution in [0.15, 0.2) is 52.3 Å². The smallest absolute Gasteiger partial charge is 0.264 e. The van der Waals surface area contributed by atoms with Gasteiger partial charge in [-0.15, -0.1) is 0 Å². The molecule has 0 atom stereocenters. The average molecular weight is 458 g/mol. The van der Waals surface area contributed by atoms with Crippen molar-refractivity contribution >= 4 is 21.6 Å². The van der Waals surface area contributed by atoms with Gasteiger partial charge in [0.05, 0.1) is 23.1 Å². The van der Waals surface area contributed by atoms with E-state index in [0.29, 0.717) is 48.9 Å². The number of carbonyl (C=O) groups is 1. The lowest BCUT2D eigenvalue weighted by Crippen LogP contribution is -2.49. The van der Waals surface area contributed by atoms with Gasteiger partial charge in [0.15, 0.2) is 5.82 Å². The molecule has 1 aliphatic heterocycles. The monoisotopic (exact) mass is 457 g/mol. The van der Waals surface area contributed by atoms with E-state index in [1.165, 1.54) is 30.1 Å². The molecule has 3 aromatic rings. The number of aromatic nitrogens is 4. The zero-order chi connectivity index (χ0) is 22.9. The Morgan fingerprint density at radius 3 is 2.47 bits per heavy atom. The summed E-state index contributed by atoms with van der Waals surface area (Å²) in [5.41, 5.74) is 1.35. The fourth-order valence-electron chi connectivity index (χ4n) is 3.68. The molecule has 1 saturated heterocycles. The Hall–Kier alpha value is -3.51. The minimum Gasteiger partial charge on any atom is -0.367 e. The number of rotatable bonds is 5. The van der Waals surface area contributed by atoms with Crippen LogP contribution in [0.1, 0.15) is 16.1 Å². The van der Waals surface area contributed by atoms with Gasteiger partial charge in [-0.3, -0.25) is 9.59 Å². The van der Waals surface area contributed by atoms with Crippen molar-refractivity contribution in [2.45, 2.75) is 11.8 Å². The largest absolute Gasteiger partial charge is 0.367 e. The third-order valence-electron chi connectivity index (χ3n) is 5.45. The van der Waals surface area contributed by atoms with Crippen molar-refractivity contribution in [3.63, 3.8) is 0 Å². The molecule has 0 aliphatic carbocycles. The van der Waals surface area contributed by atoms with E-state index in [-0.39, 0.29) is 16.4 Å². The van der Waals surface area contributed by atoms with Crippen molar-refractivity contribution < 1.29 is 13.2 Å². The SMILES string of the molecule is CNS(=O)(=O)c1ccccc1N1CCN(C(=O)c2cnn(-c3ccc(=O)[nH]n3)c2C)CC1. The van der Waals surface area contributed by atoms with Crippen LogP contribution in [0.4, 0.5) is 5.69 Å². The average Bonchev–Trinajstić information content (AvgIpc) is 3.20. The number of nitrogens with zero attached hydrogens (tertiary/aromatic N) is 5. The zero-order valence-corrected chi connectivity index (χ0v) is 18.5. The summed E-state index contributed by atoms with van der Waals surface area (Å²) in [7, 11) is -2.21. The highest BCUT2D eigenvalue weighted by Crippen LogP contribution is 2.26. The van der Waals surface area contributed by atoms with E-state index in [9.17, 15) is 18.0 Å². The van der Waals surface area contributed by atoms with Crippen LogP contribution in [0.25, 0.3) is 5.82 Å². The highest BCUT2D eigenvalue weighted by molar-refractivity contribution is 7.89. The van der Waals surface area contributed by atoms with E-state index in [2.05, 4.69) is 20.0 Å². The lowest BCUT2D eigenvalue weighted by molar-refractivity contribution is 0.0746. The van der Waals surface area contributed by atoms with Gasteiger partial charge in [-0.05, 0) is 32.2 Å². The summed E-state index contributed by atoms with van der Waals surface area (Å²) in [5.74, 6) is 0.252. The number of anilines is 1. The third-order valence-corrected chi connectivity index (χ3v) is 6.91. The van der Waals surface area contributed by atoms with Crippen molar-refractivity contribution in [2.24, 2.45) is 0 Å². The molecule has 0 unspecified atom stereocenters. The van der Waals surface area contributed by atoms with Gasteiger partial charge in [-0.1, -0.05) is 12.1 Å². The highest BCUT2D eigenvalue weighted by Gasteiger charge is 2.28. The standard InChI is InChI=1S/C20H23N7O4S/c1-14-15(13-22-27(14)18-7-8-19(28)24-23-18)20(29)26-11-9-25(10-12-26)16-5-3-4-6-17(16)32(30,31)21-2/h3-8,13,21H,9-12H2,1-2H3,(H,24,28). The van der Waals surface area contributed by atoms with Crippen LogP contribution in [0.2, 0.25) is 0 Å². The molecular formula is C20H23N7O4S. The van der Waals surface area contributed by atoms with E-state index in [1.54, 1.807) is 36.1 Å². The number of amides is 1. The molecule has 2 aromatic heterocycles. The lowest BCUT2D eigenvalue weighted by Gasteiger charge is -2.36. The second-order valence-electron chi connectivity index (χ2n) is 7.29. The summed E-state index contributed by atoms with van der Waals surface area (Å²) < 4.78 is 28.6. The van der Waals surface area contributed by atoms with Crippen molar-refractivity contribution in [3.8, 4) is 5.82 Å². The molecule has 3 heterocycles. The summed E-state index contributed by atoms with van der Waals surface area (Å²) in [6.45, 7) is 3.64. The maximum Gasteiger partial charge on any atom is 0.264 e. The normalized spacial score (nSPS) is 14.6. The molecule has 12 heteroatoms. The zero-order valence-electron chi connectivity index (χ0n) is 17.6. The highest BCUT2D eigenvalue weighted by atomic mass is 32.2. The molecule has 0 spiro atoms. The minimum absolute atomic E-state index is 0.158. The van der Waals surface area contributed by atoms with E-state index < -0.39 is 10.0 Å². The number of H-pyrrole nitrogens is 1. The molecule has 0 radical (unpaired) electrons. The van der Waals surface area contributed by atoms with E-state index in [1.807, 2.05) is 4.90 Å². The van der Waals surface area contributed by atoms with Crippen LogP contribution in [0.5, 0.6) is 0 Å². The number of aromatic amines is 1. The molecule has 168 valence electrons. The maximum atomic E-state index is 13.1. The van der Waals surface area contributed by atoms with Gasteiger partial charge in [0.25, 0.3) is 11.5 Å². The first-order valence-electron chi connectivity index (χ1n) is 9.99. The van der Waals surface area contributed by atoms with Crippen LogP contribution in [0.3, 0.4) is 0 Å². The van der Waals surface area contributed by atoms with E-state index in [4.69, 9.17) is 0 Å². The number of para-hydroxylation sites is 1. The summed E-state index contributed by atoms with van der Waals surface area (Å²) in [5, 5.41) is 10.5. The van der Waals surface area contributed by atoms with Crippen molar-refractivity contribution in [1.29, 1.82) is 0 Å². The molecule has 1 aromatic carbocycles. The van der Waals surface area contributed by atoms with Crippen molar-refractivity contribution in [2.75, 3.05) is 38.1 Å². The fraction of sp³-hybridized carbons (Fsp3) is 0.300. The Morgan fingerprint density at radius 2 is 1.81 bits per heavy atom. The fourth-order valence-corrected chi connectivity index (χ4v) is 4.63. The van der Waals surface area contributed by atoms with E-state index >= 15 is 0 Å². The molecule has 0 bridgehead atoms. The molecule has 1 aliphatic rings. The number of benzene rings is 1. The Morgan fingerprint density at radius 1 is 1.09 bits per heavy atom. The number of hydrogen-bond donors (Lipinski definition) is 2. The van der Waals surface area contributed by atoms with Gasteiger partial charge in [0, 0.05) is 32.2 Å². The van der Waals surface area contributed by atoms with Gasteiger partial charge in [-0.25, -0.2) is 22.9 Å². The van der Waals surface area contributed by atoms with Gasteiger partial charge < -0.3 is 9.80 Å². The summed E-state index contributed by atoms with van der Waals surface area (Å²) in [6, 6.07) is 9.70. The molecule has 4 rings (SSSR count). The predicted molar refractivity (Wildman–Crippen MR) is 118 cm³/mol. The van der Waals surface area contributed by atoms with Crippen LogP contribution in [0, 0.1) is 6.92 Å². The van der Waals surface area contributed by atoms with Gasteiger partial charge in [0.1, 0.15) is 4.90 Å².